The van der Waals surface area contributed by atoms with Crippen LogP contribution in [0.2, 0.25) is 0 Å². The van der Waals surface area contributed by atoms with Gasteiger partial charge >= 0.3 is 0 Å². The third-order valence-corrected chi connectivity index (χ3v) is 3.13. The monoisotopic (exact) mass is 267 g/mol. The van der Waals surface area contributed by atoms with Crippen molar-refractivity contribution in [1.82, 2.24) is 0 Å². The molecule has 2 aromatic carbocycles. The molecule has 102 valence electrons. The summed E-state index contributed by atoms with van der Waals surface area (Å²) in [4.78, 5) is 24.3. The maximum atomic E-state index is 12.4. The zero-order chi connectivity index (χ0) is 14.5. The second kappa shape index (κ2) is 6.15. The van der Waals surface area contributed by atoms with E-state index < -0.39 is 0 Å². The van der Waals surface area contributed by atoms with Gasteiger partial charge in [0.25, 0.3) is 0 Å². The molecule has 0 bridgehead atoms. The van der Waals surface area contributed by atoms with E-state index in [4.69, 9.17) is 5.73 Å². The predicted octanol–water partition coefficient (Wildman–Crippen LogP) is 3.48. The molecule has 0 radical (unpaired) electrons. The Morgan fingerprint density at radius 3 is 2.35 bits per heavy atom. The van der Waals surface area contributed by atoms with E-state index in [1.165, 1.54) is 0 Å². The number of carbonyl (C=O) groups excluding carboxylic acids is 2. The molecule has 0 saturated heterocycles. The molecule has 3 nitrogen and oxygen atoms in total. The van der Waals surface area contributed by atoms with Gasteiger partial charge in [0.15, 0.2) is 11.6 Å². The first kappa shape index (κ1) is 14.0. The summed E-state index contributed by atoms with van der Waals surface area (Å²) in [5.41, 5.74) is 7.76. The SMILES string of the molecule is CCCC(=O)c1ccc(N)c(C(=O)c2ccccc2)c1. The van der Waals surface area contributed by atoms with Crippen LogP contribution < -0.4 is 5.73 Å². The molecule has 0 aliphatic heterocycles. The molecule has 20 heavy (non-hydrogen) atoms. The Hall–Kier alpha value is -2.42. The number of hydrogen-bond donors (Lipinski definition) is 1. The molecule has 0 unspecified atom stereocenters. The minimum Gasteiger partial charge on any atom is -0.398 e. The Kier molecular flexibility index (Phi) is 4.31. The summed E-state index contributed by atoms with van der Waals surface area (Å²) in [5.74, 6) is -0.121. The molecule has 0 saturated carbocycles. The van der Waals surface area contributed by atoms with Gasteiger partial charge in [0, 0.05) is 28.8 Å². The van der Waals surface area contributed by atoms with E-state index in [0.717, 1.165) is 6.42 Å². The van der Waals surface area contributed by atoms with E-state index in [0.29, 0.717) is 28.8 Å². The van der Waals surface area contributed by atoms with Crippen molar-refractivity contribution in [2.45, 2.75) is 19.8 Å². The minimum atomic E-state index is -0.158. The van der Waals surface area contributed by atoms with E-state index in [9.17, 15) is 9.59 Å². The molecule has 2 N–H and O–H groups in total. The molecule has 0 spiro atoms. The second-order valence-electron chi connectivity index (χ2n) is 4.67. The van der Waals surface area contributed by atoms with E-state index >= 15 is 0 Å². The molecule has 0 heterocycles. The largest absolute Gasteiger partial charge is 0.398 e. The second-order valence-corrected chi connectivity index (χ2v) is 4.67. The molecule has 2 rings (SSSR count). The fourth-order valence-corrected chi connectivity index (χ4v) is 2.04. The third-order valence-electron chi connectivity index (χ3n) is 3.13. The average Bonchev–Trinajstić information content (AvgIpc) is 2.48. The maximum Gasteiger partial charge on any atom is 0.195 e. The molecular weight excluding hydrogens is 250 g/mol. The van der Waals surface area contributed by atoms with Gasteiger partial charge in [-0.1, -0.05) is 37.3 Å². The van der Waals surface area contributed by atoms with Crippen molar-refractivity contribution < 1.29 is 9.59 Å². The highest BCUT2D eigenvalue weighted by Crippen LogP contribution is 2.19. The summed E-state index contributed by atoms with van der Waals surface area (Å²) in [5, 5.41) is 0. The van der Waals surface area contributed by atoms with Crippen LogP contribution in [0.1, 0.15) is 46.0 Å². The van der Waals surface area contributed by atoms with Crippen LogP contribution in [0.5, 0.6) is 0 Å². The smallest absolute Gasteiger partial charge is 0.195 e. The van der Waals surface area contributed by atoms with E-state index in [1.807, 2.05) is 13.0 Å². The van der Waals surface area contributed by atoms with Crippen molar-refractivity contribution in [3.05, 3.63) is 65.2 Å². The fraction of sp³-hybridized carbons (Fsp3) is 0.176. The first-order valence-electron chi connectivity index (χ1n) is 6.66. The van der Waals surface area contributed by atoms with Crippen molar-refractivity contribution in [1.29, 1.82) is 0 Å². The minimum absolute atomic E-state index is 0.0367. The molecule has 3 heteroatoms. The first-order valence-corrected chi connectivity index (χ1v) is 6.66. The normalized spacial score (nSPS) is 10.2. The maximum absolute atomic E-state index is 12.4. The predicted molar refractivity (Wildman–Crippen MR) is 80.0 cm³/mol. The van der Waals surface area contributed by atoms with E-state index in [2.05, 4.69) is 0 Å². The molecule has 0 aliphatic carbocycles. The van der Waals surface area contributed by atoms with Crippen molar-refractivity contribution in [2.75, 3.05) is 5.73 Å². The summed E-state index contributed by atoms with van der Waals surface area (Å²) in [7, 11) is 0. The highest BCUT2D eigenvalue weighted by Gasteiger charge is 2.14. The van der Waals surface area contributed by atoms with Crippen molar-refractivity contribution >= 4 is 17.3 Å². The van der Waals surface area contributed by atoms with Gasteiger partial charge in [-0.3, -0.25) is 9.59 Å². The van der Waals surface area contributed by atoms with Gasteiger partial charge in [-0.15, -0.1) is 0 Å². The van der Waals surface area contributed by atoms with Crippen molar-refractivity contribution in [2.24, 2.45) is 0 Å². The number of hydrogen-bond acceptors (Lipinski definition) is 3. The van der Waals surface area contributed by atoms with Crippen LogP contribution in [0.3, 0.4) is 0 Å². The van der Waals surface area contributed by atoms with Gasteiger partial charge in [0.05, 0.1) is 0 Å². The first-order chi connectivity index (χ1) is 9.63. The Balaban J connectivity index is 2.39. The molecule has 0 amide bonds. The number of carbonyl (C=O) groups is 2. The zero-order valence-corrected chi connectivity index (χ0v) is 11.4. The van der Waals surface area contributed by atoms with Gasteiger partial charge < -0.3 is 5.73 Å². The van der Waals surface area contributed by atoms with Crippen LogP contribution in [0.15, 0.2) is 48.5 Å². The van der Waals surface area contributed by atoms with Gasteiger partial charge in [-0.05, 0) is 24.6 Å². The van der Waals surface area contributed by atoms with E-state index in [1.54, 1.807) is 42.5 Å². The Morgan fingerprint density at radius 1 is 1.00 bits per heavy atom. The number of benzene rings is 2. The fourth-order valence-electron chi connectivity index (χ4n) is 2.04. The van der Waals surface area contributed by atoms with Gasteiger partial charge in [0.1, 0.15) is 0 Å². The Morgan fingerprint density at radius 2 is 1.70 bits per heavy atom. The van der Waals surface area contributed by atoms with Crippen molar-refractivity contribution in [3.8, 4) is 0 Å². The summed E-state index contributed by atoms with van der Waals surface area (Å²) in [6.07, 6.45) is 1.26. The highest BCUT2D eigenvalue weighted by molar-refractivity contribution is 6.13. The Bertz CT molecular complexity index is 633. The van der Waals surface area contributed by atoms with Crippen LogP contribution in [-0.4, -0.2) is 11.6 Å². The number of ketones is 2. The van der Waals surface area contributed by atoms with Crippen LogP contribution in [-0.2, 0) is 0 Å². The molecule has 0 aliphatic rings. The summed E-state index contributed by atoms with van der Waals surface area (Å²) in [6, 6.07) is 13.8. The van der Waals surface area contributed by atoms with E-state index in [-0.39, 0.29) is 11.6 Å². The highest BCUT2D eigenvalue weighted by atomic mass is 16.1. The number of anilines is 1. The van der Waals surface area contributed by atoms with Crippen LogP contribution in [0, 0.1) is 0 Å². The average molecular weight is 267 g/mol. The van der Waals surface area contributed by atoms with Gasteiger partial charge in [0.2, 0.25) is 0 Å². The Labute approximate surface area is 118 Å². The summed E-state index contributed by atoms with van der Waals surface area (Å²) < 4.78 is 0. The quantitative estimate of drug-likeness (QED) is 0.666. The summed E-state index contributed by atoms with van der Waals surface area (Å²) >= 11 is 0. The number of nitrogen functional groups attached to an aromatic ring is 1. The molecular formula is C17H17NO2. The van der Waals surface area contributed by atoms with Crippen LogP contribution in [0.4, 0.5) is 5.69 Å². The lowest BCUT2D eigenvalue weighted by atomic mass is 9.97. The van der Waals surface area contributed by atoms with Crippen LogP contribution in [0.25, 0.3) is 0 Å². The number of nitrogens with two attached hydrogens (primary N) is 1. The van der Waals surface area contributed by atoms with Crippen molar-refractivity contribution in [3.63, 3.8) is 0 Å². The summed E-state index contributed by atoms with van der Waals surface area (Å²) in [6.45, 7) is 1.95. The molecule has 0 fully saturated rings. The van der Waals surface area contributed by atoms with Crippen LogP contribution >= 0.6 is 0 Å². The number of Topliss-reactive ketones (excluding diaryl/α,β-unsaturated/α-hetero) is 1. The topological polar surface area (TPSA) is 60.2 Å². The number of rotatable bonds is 5. The third kappa shape index (κ3) is 2.94. The lowest BCUT2D eigenvalue weighted by molar-refractivity contribution is 0.0981. The molecule has 2 aromatic rings. The zero-order valence-electron chi connectivity index (χ0n) is 11.4. The van der Waals surface area contributed by atoms with Gasteiger partial charge in [-0.2, -0.15) is 0 Å². The van der Waals surface area contributed by atoms with Gasteiger partial charge in [-0.25, -0.2) is 0 Å². The molecule has 0 atom stereocenters. The lowest BCUT2D eigenvalue weighted by Crippen LogP contribution is -2.08. The lowest BCUT2D eigenvalue weighted by Gasteiger charge is -2.07. The molecule has 0 aromatic heterocycles. The standard InChI is InChI=1S/C17H17NO2/c1-2-6-16(19)13-9-10-15(18)14(11-13)17(20)12-7-4-3-5-8-12/h3-5,7-11H,2,6,18H2,1H3.